The average Bonchev–Trinajstić information content (AvgIpc) is 2.92. The number of rotatable bonds is 9. The summed E-state index contributed by atoms with van der Waals surface area (Å²) in [5.41, 5.74) is 2.93. The number of ether oxygens (including phenoxy) is 3. The quantitative estimate of drug-likeness (QED) is 0.321. The minimum Gasteiger partial charge on any atom is -0.490 e. The standard InChI is InChI=1S/C35H42N4O5/c1-33(2,3)38-32(41)44-30-14-29(15-30)43-28-12-8-25(9-13-28)34(4,5)24-6-10-27(11-7-24)42-20-23-18-36-31(37-19-23)39-21-35(22-39)16-26(40)17-35/h6-13,18-19,29-30H,14-17,20-22H2,1-5H3,(H,38,41). The second kappa shape index (κ2) is 11.4. The first kappa shape index (κ1) is 29.9. The number of nitrogens with one attached hydrogen (secondary N) is 1. The Kier molecular flexibility index (Phi) is 7.76. The lowest BCUT2D eigenvalue weighted by atomic mass is 9.63. The van der Waals surface area contributed by atoms with Crippen molar-refractivity contribution in [3.8, 4) is 11.5 Å². The molecule has 9 heteroatoms. The van der Waals surface area contributed by atoms with Gasteiger partial charge < -0.3 is 24.4 Å². The van der Waals surface area contributed by atoms with E-state index in [0.717, 1.165) is 30.2 Å². The van der Waals surface area contributed by atoms with Crippen LogP contribution in [0.4, 0.5) is 10.7 Å². The van der Waals surface area contributed by atoms with E-state index in [9.17, 15) is 9.59 Å². The molecular weight excluding hydrogens is 556 g/mol. The van der Waals surface area contributed by atoms with Crippen molar-refractivity contribution in [2.45, 2.75) is 90.1 Å². The van der Waals surface area contributed by atoms with Crippen molar-refractivity contribution in [1.82, 2.24) is 15.3 Å². The van der Waals surface area contributed by atoms with Gasteiger partial charge in [-0.3, -0.25) is 4.79 Å². The third-order valence-electron chi connectivity index (χ3n) is 8.83. The summed E-state index contributed by atoms with van der Waals surface area (Å²) < 4.78 is 17.6. The predicted octanol–water partition coefficient (Wildman–Crippen LogP) is 5.99. The summed E-state index contributed by atoms with van der Waals surface area (Å²) in [6.45, 7) is 12.3. The van der Waals surface area contributed by atoms with Crippen molar-refractivity contribution in [3.63, 3.8) is 0 Å². The fourth-order valence-electron chi connectivity index (χ4n) is 6.14. The Labute approximate surface area is 259 Å². The summed E-state index contributed by atoms with van der Waals surface area (Å²) in [6, 6.07) is 16.5. The van der Waals surface area contributed by atoms with E-state index >= 15 is 0 Å². The smallest absolute Gasteiger partial charge is 0.407 e. The highest BCUT2D eigenvalue weighted by Crippen LogP contribution is 2.46. The largest absolute Gasteiger partial charge is 0.490 e. The molecule has 0 atom stereocenters. The Morgan fingerprint density at radius 2 is 1.45 bits per heavy atom. The van der Waals surface area contributed by atoms with Crippen molar-refractivity contribution in [2.24, 2.45) is 5.41 Å². The third kappa shape index (κ3) is 6.66. The van der Waals surface area contributed by atoms with Gasteiger partial charge in [0.25, 0.3) is 0 Å². The van der Waals surface area contributed by atoms with Gasteiger partial charge in [-0.1, -0.05) is 38.1 Å². The zero-order valence-electron chi connectivity index (χ0n) is 26.3. The van der Waals surface area contributed by atoms with Gasteiger partial charge in [0, 0.05) is 73.1 Å². The van der Waals surface area contributed by atoms with Gasteiger partial charge in [-0.2, -0.15) is 0 Å². The van der Waals surface area contributed by atoms with Crippen LogP contribution in [0.5, 0.6) is 11.5 Å². The number of aromatic nitrogens is 2. The van der Waals surface area contributed by atoms with Crippen LogP contribution in [0.15, 0.2) is 60.9 Å². The van der Waals surface area contributed by atoms with Crippen LogP contribution in [0, 0.1) is 5.41 Å². The van der Waals surface area contributed by atoms with Crippen molar-refractivity contribution in [1.29, 1.82) is 0 Å². The third-order valence-corrected chi connectivity index (χ3v) is 8.83. The van der Waals surface area contributed by atoms with E-state index in [1.54, 1.807) is 0 Å². The number of carbonyl (C=O) groups excluding carboxylic acids is 2. The summed E-state index contributed by atoms with van der Waals surface area (Å²) in [5, 5.41) is 2.82. The first-order chi connectivity index (χ1) is 20.9. The summed E-state index contributed by atoms with van der Waals surface area (Å²) in [7, 11) is 0. The second-order valence-corrected chi connectivity index (χ2v) is 14.2. The van der Waals surface area contributed by atoms with Crippen molar-refractivity contribution in [2.75, 3.05) is 18.0 Å². The number of benzene rings is 2. The SMILES string of the molecule is CC(C)(C)NC(=O)OC1CC(Oc2ccc(C(C)(C)c3ccc(OCc4cnc(N5CC6(CC(=O)C6)C5)nc4)cc3)cc2)C1. The molecule has 1 spiro atoms. The Bertz CT molecular complexity index is 1470. The topological polar surface area (TPSA) is 103 Å². The number of hydrogen-bond donors (Lipinski definition) is 1. The van der Waals surface area contributed by atoms with Gasteiger partial charge in [0.2, 0.25) is 5.95 Å². The molecule has 9 nitrogen and oxygen atoms in total. The number of anilines is 1. The van der Waals surface area contributed by atoms with Gasteiger partial charge in [0.05, 0.1) is 0 Å². The maximum atomic E-state index is 12.0. The molecule has 1 N–H and O–H groups in total. The normalized spacial score (nSPS) is 20.7. The van der Waals surface area contributed by atoms with Crippen LogP contribution in [0.2, 0.25) is 0 Å². The number of ketones is 1. The van der Waals surface area contributed by atoms with Crippen molar-refractivity contribution in [3.05, 3.63) is 77.6 Å². The molecule has 1 aliphatic heterocycles. The van der Waals surface area contributed by atoms with Crippen LogP contribution in [0.3, 0.4) is 0 Å². The van der Waals surface area contributed by atoms with Gasteiger partial charge >= 0.3 is 6.09 Å². The van der Waals surface area contributed by atoms with Crippen LogP contribution in [-0.4, -0.2) is 52.7 Å². The second-order valence-electron chi connectivity index (χ2n) is 14.2. The van der Waals surface area contributed by atoms with Crippen LogP contribution in [0.25, 0.3) is 0 Å². The summed E-state index contributed by atoms with van der Waals surface area (Å²) in [4.78, 5) is 34.5. The zero-order valence-corrected chi connectivity index (χ0v) is 26.3. The zero-order chi connectivity index (χ0) is 31.1. The molecule has 44 heavy (non-hydrogen) atoms. The van der Waals surface area contributed by atoms with E-state index < -0.39 is 0 Å². The Balaban J connectivity index is 0.956. The molecule has 2 aromatic carbocycles. The number of alkyl carbamates (subject to hydrolysis) is 1. The molecule has 2 heterocycles. The van der Waals surface area contributed by atoms with E-state index in [1.807, 2.05) is 57.4 Å². The summed E-state index contributed by atoms with van der Waals surface area (Å²) in [6.07, 6.45) is 5.98. The Morgan fingerprint density at radius 1 is 0.886 bits per heavy atom. The van der Waals surface area contributed by atoms with Gasteiger partial charge in [-0.25, -0.2) is 14.8 Å². The lowest BCUT2D eigenvalue weighted by Crippen LogP contribution is -2.63. The number of amides is 1. The first-order valence-electron chi connectivity index (χ1n) is 15.4. The molecular formula is C35H42N4O5. The number of hydrogen-bond acceptors (Lipinski definition) is 8. The molecule has 1 aromatic heterocycles. The first-order valence-corrected chi connectivity index (χ1v) is 15.4. The van der Waals surface area contributed by atoms with Crippen molar-refractivity contribution < 1.29 is 23.8 Å². The van der Waals surface area contributed by atoms with Crippen LogP contribution >= 0.6 is 0 Å². The summed E-state index contributed by atoms with van der Waals surface area (Å²) >= 11 is 0. The maximum absolute atomic E-state index is 12.0. The molecule has 0 bridgehead atoms. The highest BCUT2D eigenvalue weighted by atomic mass is 16.6. The van der Waals surface area contributed by atoms with E-state index in [0.29, 0.717) is 44.0 Å². The molecule has 232 valence electrons. The number of nitrogens with zero attached hydrogens (tertiary/aromatic N) is 3. The molecule has 3 aromatic rings. The fraction of sp³-hybridized carbons (Fsp3) is 0.486. The lowest BCUT2D eigenvalue weighted by Gasteiger charge is -2.54. The minimum absolute atomic E-state index is 0.0476. The predicted molar refractivity (Wildman–Crippen MR) is 167 cm³/mol. The van der Waals surface area contributed by atoms with Crippen LogP contribution in [-0.2, 0) is 21.6 Å². The molecule has 0 unspecified atom stereocenters. The number of carbonyl (C=O) groups is 2. The van der Waals surface area contributed by atoms with Gasteiger partial charge in [-0.05, 0) is 56.2 Å². The minimum atomic E-state index is -0.378. The van der Waals surface area contributed by atoms with Gasteiger partial charge in [0.1, 0.15) is 36.1 Å². The monoisotopic (exact) mass is 598 g/mol. The molecule has 3 fully saturated rings. The van der Waals surface area contributed by atoms with E-state index in [-0.39, 0.29) is 34.7 Å². The maximum Gasteiger partial charge on any atom is 0.407 e. The van der Waals surface area contributed by atoms with Gasteiger partial charge in [-0.15, -0.1) is 0 Å². The Morgan fingerprint density at radius 3 is 2.00 bits per heavy atom. The summed E-state index contributed by atoms with van der Waals surface area (Å²) in [5.74, 6) is 2.69. The molecule has 3 aliphatic rings. The highest BCUT2D eigenvalue weighted by Gasteiger charge is 2.52. The van der Waals surface area contributed by atoms with Crippen molar-refractivity contribution >= 4 is 17.8 Å². The number of Topliss-reactive ketones (excluding diaryl/α,β-unsaturated/α-hetero) is 1. The molecule has 2 aliphatic carbocycles. The highest BCUT2D eigenvalue weighted by molar-refractivity contribution is 5.87. The molecule has 1 saturated heterocycles. The molecule has 1 amide bonds. The van der Waals surface area contributed by atoms with Crippen LogP contribution in [0.1, 0.15) is 77.0 Å². The lowest BCUT2D eigenvalue weighted by molar-refractivity contribution is -0.134. The van der Waals surface area contributed by atoms with Gasteiger partial charge in [0.15, 0.2) is 0 Å². The van der Waals surface area contributed by atoms with E-state index in [1.165, 1.54) is 11.1 Å². The Hall–Kier alpha value is -4.14. The fourth-order valence-corrected chi connectivity index (χ4v) is 6.14. The molecule has 6 rings (SSSR count). The van der Waals surface area contributed by atoms with E-state index in [4.69, 9.17) is 14.2 Å². The van der Waals surface area contributed by atoms with Crippen LogP contribution < -0.4 is 19.7 Å². The molecule has 2 saturated carbocycles. The average molecular weight is 599 g/mol. The van der Waals surface area contributed by atoms with E-state index in [2.05, 4.69) is 58.3 Å². The molecule has 0 radical (unpaired) electrons.